The van der Waals surface area contributed by atoms with Gasteiger partial charge in [0.05, 0.1) is 17.6 Å². The molecule has 1 aliphatic heterocycles. The van der Waals surface area contributed by atoms with Crippen LogP contribution in [0.25, 0.3) is 0 Å². The highest BCUT2D eigenvalue weighted by Crippen LogP contribution is 2.84. The highest BCUT2D eigenvalue weighted by Gasteiger charge is 2.86. The van der Waals surface area contributed by atoms with Gasteiger partial charge in [-0.15, -0.1) is 0 Å². The van der Waals surface area contributed by atoms with E-state index in [0.717, 1.165) is 70.4 Å². The number of aliphatic carboxylic acids is 1. The summed E-state index contributed by atoms with van der Waals surface area (Å²) in [5.74, 6) is 1.74. The average Bonchev–Trinajstić information content (AvgIpc) is 3.72. The van der Waals surface area contributed by atoms with Crippen LogP contribution < -0.4 is 5.32 Å². The van der Waals surface area contributed by atoms with E-state index in [2.05, 4.69) is 50.9 Å². The normalized spacial score (nSPS) is 43.9. The molecule has 5 aliphatic carbocycles. The molecule has 4 bridgehead atoms. The molecule has 6 heteroatoms. The molecule has 0 aromatic carbocycles. The predicted octanol–water partition coefficient (Wildman–Crippen LogP) is 6.59. The zero-order chi connectivity index (χ0) is 30.6. The van der Waals surface area contributed by atoms with Crippen molar-refractivity contribution in [2.45, 2.75) is 117 Å². The molecule has 5 fully saturated rings. The maximum Gasteiger partial charge on any atom is 0.315 e. The molecule has 0 amide bonds. The summed E-state index contributed by atoms with van der Waals surface area (Å²) in [5, 5.41) is 15.0. The molecular formula is C37H60N2O4. The first kappa shape index (κ1) is 31.7. The zero-order valence-electron chi connectivity index (χ0n) is 27.8. The molecule has 242 valence electrons. The minimum Gasteiger partial charge on any atom is -0.481 e. The Bertz CT molecular complexity index is 1070. The molecule has 6 aliphatic rings. The molecule has 0 aromatic heterocycles. The van der Waals surface area contributed by atoms with Gasteiger partial charge >= 0.3 is 5.97 Å². The predicted molar refractivity (Wildman–Crippen MR) is 171 cm³/mol. The van der Waals surface area contributed by atoms with Gasteiger partial charge in [-0.25, -0.2) is 0 Å². The number of carboxylic acids is 1. The summed E-state index contributed by atoms with van der Waals surface area (Å²) in [6, 6.07) is 0. The van der Waals surface area contributed by atoms with Crippen molar-refractivity contribution in [1.82, 2.24) is 10.2 Å². The SMILES string of the molecule is CCNCCCN(CC)CC1OC(C23C[C@@H]4[C@H](C)CC[C@H]4C4(C=O)CC2C=C(C(C)C)C34C(=O)O)CC1C1CCCCC1. The van der Waals surface area contributed by atoms with Crippen LogP contribution in [-0.2, 0) is 14.3 Å². The number of ether oxygens (including phenoxy) is 1. The number of carboxylic acid groups (broad SMARTS) is 1. The van der Waals surface area contributed by atoms with Gasteiger partial charge in [-0.1, -0.05) is 84.8 Å². The van der Waals surface area contributed by atoms with Crippen molar-refractivity contribution in [3.63, 3.8) is 0 Å². The summed E-state index contributed by atoms with van der Waals surface area (Å²) in [6.45, 7) is 16.2. The van der Waals surface area contributed by atoms with Crippen molar-refractivity contribution in [3.05, 3.63) is 11.6 Å². The summed E-state index contributed by atoms with van der Waals surface area (Å²) in [4.78, 5) is 30.3. The van der Waals surface area contributed by atoms with Crippen LogP contribution in [0.3, 0.4) is 0 Å². The molecular weight excluding hydrogens is 536 g/mol. The number of carbonyl (C=O) groups is 2. The lowest BCUT2D eigenvalue weighted by Gasteiger charge is -2.60. The van der Waals surface area contributed by atoms with Gasteiger partial charge in [-0.05, 0) is 99.7 Å². The number of aldehydes is 1. The summed E-state index contributed by atoms with van der Waals surface area (Å²) in [7, 11) is 0. The molecule has 4 saturated carbocycles. The number of hydrogen-bond donors (Lipinski definition) is 2. The lowest BCUT2D eigenvalue weighted by Crippen LogP contribution is -2.65. The highest BCUT2D eigenvalue weighted by atomic mass is 16.5. The van der Waals surface area contributed by atoms with E-state index in [0.29, 0.717) is 30.1 Å². The zero-order valence-corrected chi connectivity index (χ0v) is 27.8. The third kappa shape index (κ3) is 4.49. The van der Waals surface area contributed by atoms with Gasteiger partial charge in [0.25, 0.3) is 0 Å². The minimum atomic E-state index is -1.14. The van der Waals surface area contributed by atoms with Gasteiger partial charge in [0.2, 0.25) is 0 Å². The van der Waals surface area contributed by atoms with Gasteiger partial charge < -0.3 is 24.9 Å². The Morgan fingerprint density at radius 1 is 1.14 bits per heavy atom. The minimum absolute atomic E-state index is 0.103. The Kier molecular flexibility index (Phi) is 8.98. The fourth-order valence-electron chi connectivity index (χ4n) is 12.4. The Morgan fingerprint density at radius 2 is 1.91 bits per heavy atom. The summed E-state index contributed by atoms with van der Waals surface area (Å²) in [6.07, 6.45) is 15.9. The van der Waals surface area contributed by atoms with Gasteiger partial charge in [0, 0.05) is 12.0 Å². The van der Waals surface area contributed by atoms with Crippen molar-refractivity contribution in [2.24, 2.45) is 57.7 Å². The van der Waals surface area contributed by atoms with E-state index in [1.807, 2.05) is 0 Å². The maximum absolute atomic E-state index is 14.1. The fourth-order valence-corrected chi connectivity index (χ4v) is 12.4. The lowest BCUT2D eigenvalue weighted by molar-refractivity contribution is -0.197. The number of nitrogens with zero attached hydrogens (tertiary/aromatic N) is 1. The van der Waals surface area contributed by atoms with E-state index >= 15 is 0 Å². The molecule has 10 atom stereocenters. The first-order valence-electron chi connectivity index (χ1n) is 18.2. The van der Waals surface area contributed by atoms with Crippen molar-refractivity contribution in [1.29, 1.82) is 0 Å². The van der Waals surface area contributed by atoms with Crippen LogP contribution in [0.15, 0.2) is 11.6 Å². The van der Waals surface area contributed by atoms with Crippen molar-refractivity contribution in [2.75, 3.05) is 32.7 Å². The van der Waals surface area contributed by atoms with Gasteiger partial charge in [-0.3, -0.25) is 4.79 Å². The van der Waals surface area contributed by atoms with Crippen molar-refractivity contribution < 1.29 is 19.4 Å². The molecule has 0 radical (unpaired) electrons. The lowest BCUT2D eigenvalue weighted by atomic mass is 9.41. The fraction of sp³-hybridized carbons (Fsp3) is 0.892. The first-order chi connectivity index (χ1) is 20.7. The largest absolute Gasteiger partial charge is 0.481 e. The molecule has 6 nitrogen and oxygen atoms in total. The second-order valence-corrected chi connectivity index (χ2v) is 15.9. The Labute approximate surface area is 261 Å². The molecule has 7 unspecified atom stereocenters. The van der Waals surface area contributed by atoms with Gasteiger partial charge in [0.15, 0.2) is 0 Å². The Hall–Kier alpha value is -1.24. The van der Waals surface area contributed by atoms with Crippen molar-refractivity contribution >= 4 is 12.3 Å². The molecule has 1 heterocycles. The molecule has 0 aromatic rings. The van der Waals surface area contributed by atoms with Crippen LogP contribution in [0.1, 0.15) is 105 Å². The van der Waals surface area contributed by atoms with Crippen LogP contribution in [0.4, 0.5) is 0 Å². The van der Waals surface area contributed by atoms with E-state index in [9.17, 15) is 14.7 Å². The van der Waals surface area contributed by atoms with Crippen LogP contribution >= 0.6 is 0 Å². The quantitative estimate of drug-likeness (QED) is 0.142. The summed E-state index contributed by atoms with van der Waals surface area (Å²) < 4.78 is 7.43. The van der Waals surface area contributed by atoms with E-state index < -0.39 is 22.2 Å². The second kappa shape index (κ2) is 12.2. The number of nitrogens with one attached hydrogen (secondary N) is 1. The molecule has 2 N–H and O–H groups in total. The van der Waals surface area contributed by atoms with Crippen molar-refractivity contribution in [3.8, 4) is 0 Å². The van der Waals surface area contributed by atoms with E-state index in [1.54, 1.807) is 0 Å². The van der Waals surface area contributed by atoms with Crippen LogP contribution in [0.2, 0.25) is 0 Å². The number of likely N-dealkylation sites (N-methyl/N-ethyl adjacent to an activating group) is 1. The number of allylic oxidation sites excluding steroid dienone is 1. The molecule has 43 heavy (non-hydrogen) atoms. The number of rotatable bonds is 13. The average molecular weight is 597 g/mol. The third-order valence-corrected chi connectivity index (χ3v) is 14.1. The number of fused-ring (bicyclic) bond motifs is 2. The molecule has 0 spiro atoms. The van der Waals surface area contributed by atoms with E-state index in [4.69, 9.17) is 4.74 Å². The summed E-state index contributed by atoms with van der Waals surface area (Å²) >= 11 is 0. The second-order valence-electron chi connectivity index (χ2n) is 15.9. The van der Waals surface area contributed by atoms with E-state index in [-0.39, 0.29) is 30.0 Å². The number of carbonyl (C=O) groups excluding carboxylic acids is 1. The number of hydrogen-bond acceptors (Lipinski definition) is 5. The first-order valence-corrected chi connectivity index (χ1v) is 18.2. The summed E-state index contributed by atoms with van der Waals surface area (Å²) in [5.41, 5.74) is -1.43. The topological polar surface area (TPSA) is 78.9 Å². The maximum atomic E-state index is 14.1. The van der Waals surface area contributed by atoms with E-state index in [1.165, 1.54) is 38.4 Å². The molecule has 6 rings (SSSR count). The Morgan fingerprint density at radius 3 is 2.56 bits per heavy atom. The Balaban J connectivity index is 1.40. The highest BCUT2D eigenvalue weighted by molar-refractivity contribution is 5.90. The molecule has 1 saturated heterocycles. The van der Waals surface area contributed by atoms with Crippen LogP contribution in [-0.4, -0.2) is 67.2 Å². The smallest absolute Gasteiger partial charge is 0.315 e. The standard InChI is InChI=1S/C37H60N2O4/c1-6-38-16-11-17-39(7-2)22-32-28(26-12-9-8-10-13-26)19-33(43-32)36-21-29-25(5)14-15-30(29)35(23-40)20-27(36)18-31(24(3)4)37(35,36)34(41)42/h18,23-30,32-33,38H,6-17,19-22H2,1-5H3,(H,41,42)/t25-,27?,28?,29-,30-,32?,33?,35?,36?,37?/m1/s1. The third-order valence-electron chi connectivity index (χ3n) is 14.1. The van der Waals surface area contributed by atoms with Gasteiger partial charge in [0.1, 0.15) is 11.7 Å². The van der Waals surface area contributed by atoms with Gasteiger partial charge in [-0.2, -0.15) is 0 Å². The monoisotopic (exact) mass is 596 g/mol. The van der Waals surface area contributed by atoms with Crippen LogP contribution in [0.5, 0.6) is 0 Å². The van der Waals surface area contributed by atoms with Crippen LogP contribution in [0, 0.1) is 57.7 Å².